The topological polar surface area (TPSA) is 49.9 Å². The van der Waals surface area contributed by atoms with Gasteiger partial charge in [-0.3, -0.25) is 0 Å². The quantitative estimate of drug-likeness (QED) is 0.592. The fraction of sp³-hybridized carbons (Fsp3) is 0.545. The maximum atomic E-state index is 7.27. The van der Waals surface area contributed by atoms with Crippen molar-refractivity contribution >= 4 is 6.21 Å². The normalized spacial score (nSPS) is 32.8. The van der Waals surface area contributed by atoms with Gasteiger partial charge in [0, 0.05) is 11.9 Å². The smallest absolute Gasteiger partial charge is 0.0361 e. The summed E-state index contributed by atoms with van der Waals surface area (Å²) >= 11 is 0. The average Bonchev–Trinajstić information content (AvgIpc) is 2.45. The number of hydrogen-bond donors (Lipinski definition) is 2. The zero-order valence-electron chi connectivity index (χ0n) is 8.06. The van der Waals surface area contributed by atoms with Crippen molar-refractivity contribution in [1.29, 1.82) is 5.41 Å². The first-order chi connectivity index (χ1) is 6.15. The molecule has 0 heterocycles. The first-order valence-corrected chi connectivity index (χ1v) is 4.86. The number of fused-ring (bicyclic) bond motifs is 1. The second-order valence-corrected chi connectivity index (χ2v) is 4.39. The van der Waals surface area contributed by atoms with Crippen LogP contribution in [-0.2, 0) is 0 Å². The van der Waals surface area contributed by atoms with Gasteiger partial charge < -0.3 is 11.1 Å². The van der Waals surface area contributed by atoms with Crippen LogP contribution in [0.1, 0.15) is 32.6 Å². The molecular weight excluding hydrogens is 160 g/mol. The monoisotopic (exact) mass is 176 g/mol. The van der Waals surface area contributed by atoms with Crippen LogP contribution in [0.2, 0.25) is 0 Å². The fourth-order valence-electron chi connectivity index (χ4n) is 2.52. The molecule has 13 heavy (non-hydrogen) atoms. The third-order valence-electron chi connectivity index (χ3n) is 3.41. The Morgan fingerprint density at radius 2 is 2.38 bits per heavy atom. The van der Waals surface area contributed by atoms with Crippen LogP contribution in [0.15, 0.2) is 22.9 Å². The highest BCUT2D eigenvalue weighted by atomic mass is 14.6. The van der Waals surface area contributed by atoms with E-state index in [9.17, 15) is 0 Å². The van der Waals surface area contributed by atoms with Crippen LogP contribution >= 0.6 is 0 Å². The van der Waals surface area contributed by atoms with E-state index in [1.807, 2.05) is 0 Å². The molecule has 3 N–H and O–H groups in total. The molecule has 0 saturated heterocycles. The van der Waals surface area contributed by atoms with E-state index in [1.54, 1.807) is 0 Å². The molecule has 0 aliphatic heterocycles. The maximum Gasteiger partial charge on any atom is 0.0361 e. The molecule has 0 radical (unpaired) electrons. The van der Waals surface area contributed by atoms with Gasteiger partial charge in [-0.2, -0.15) is 0 Å². The van der Waals surface area contributed by atoms with Gasteiger partial charge in [0.2, 0.25) is 0 Å². The predicted octanol–water partition coefficient (Wildman–Crippen LogP) is 2.37. The number of hydrogen-bond acceptors (Lipinski definition) is 2. The van der Waals surface area contributed by atoms with Crippen molar-refractivity contribution in [2.75, 3.05) is 0 Å². The second-order valence-electron chi connectivity index (χ2n) is 4.39. The first kappa shape index (κ1) is 8.54. The van der Waals surface area contributed by atoms with E-state index >= 15 is 0 Å². The van der Waals surface area contributed by atoms with Crippen molar-refractivity contribution in [3.63, 3.8) is 0 Å². The molecule has 0 bridgehead atoms. The Hall–Kier alpha value is -1.05. The summed E-state index contributed by atoms with van der Waals surface area (Å²) in [6.07, 6.45) is 8.20. The maximum absolute atomic E-state index is 7.27. The molecule has 1 saturated carbocycles. The molecule has 2 aliphatic carbocycles. The lowest BCUT2D eigenvalue weighted by Gasteiger charge is -2.30. The van der Waals surface area contributed by atoms with Crippen LogP contribution in [0.5, 0.6) is 0 Å². The zero-order valence-corrected chi connectivity index (χ0v) is 8.06. The number of nitrogens with two attached hydrogens (primary N) is 1. The Balaban J connectivity index is 2.40. The van der Waals surface area contributed by atoms with Crippen molar-refractivity contribution in [3.05, 3.63) is 22.9 Å². The molecule has 0 spiro atoms. The van der Waals surface area contributed by atoms with Gasteiger partial charge in [-0.25, -0.2) is 0 Å². The molecular formula is C11H16N2. The van der Waals surface area contributed by atoms with E-state index in [2.05, 4.69) is 13.0 Å². The van der Waals surface area contributed by atoms with Gasteiger partial charge in [-0.15, -0.1) is 0 Å². The highest BCUT2D eigenvalue weighted by Crippen LogP contribution is 2.49. The summed E-state index contributed by atoms with van der Waals surface area (Å²) in [4.78, 5) is 0. The molecule has 1 atom stereocenters. The standard InChI is InChI=1S/C11H16N2/c1-11-4-2-3-9(11)5-10(13)8(6-11)7-12/h5,7,12H,2-4,6,13H2,1H3/t11-/m0/s1. The van der Waals surface area contributed by atoms with Crippen LogP contribution in [0, 0.1) is 10.8 Å². The van der Waals surface area contributed by atoms with E-state index < -0.39 is 0 Å². The van der Waals surface area contributed by atoms with Crippen LogP contribution in [-0.4, -0.2) is 6.21 Å². The minimum absolute atomic E-state index is 0.315. The Morgan fingerprint density at radius 1 is 1.62 bits per heavy atom. The molecule has 2 heteroatoms. The van der Waals surface area contributed by atoms with Crippen LogP contribution in [0.4, 0.5) is 0 Å². The number of nitrogens with one attached hydrogen (secondary N) is 1. The molecule has 2 nitrogen and oxygen atoms in total. The van der Waals surface area contributed by atoms with Crippen LogP contribution in [0.25, 0.3) is 0 Å². The van der Waals surface area contributed by atoms with E-state index in [0.29, 0.717) is 5.41 Å². The summed E-state index contributed by atoms with van der Waals surface area (Å²) in [6.45, 7) is 2.29. The van der Waals surface area contributed by atoms with Crippen molar-refractivity contribution in [2.24, 2.45) is 11.1 Å². The third-order valence-corrected chi connectivity index (χ3v) is 3.41. The summed E-state index contributed by atoms with van der Waals surface area (Å²) in [6, 6.07) is 0. The molecule has 0 unspecified atom stereocenters. The van der Waals surface area contributed by atoms with Gasteiger partial charge in [0.25, 0.3) is 0 Å². The van der Waals surface area contributed by atoms with Crippen molar-refractivity contribution in [1.82, 2.24) is 0 Å². The lowest BCUT2D eigenvalue weighted by atomic mass is 9.75. The molecule has 70 valence electrons. The van der Waals surface area contributed by atoms with Gasteiger partial charge >= 0.3 is 0 Å². The fourth-order valence-corrected chi connectivity index (χ4v) is 2.52. The minimum atomic E-state index is 0.315. The minimum Gasteiger partial charge on any atom is -0.398 e. The highest BCUT2D eigenvalue weighted by molar-refractivity contribution is 5.78. The molecule has 0 amide bonds. The summed E-state index contributed by atoms with van der Waals surface area (Å²) in [5.41, 5.74) is 9.48. The molecule has 0 aromatic rings. The zero-order chi connectivity index (χ0) is 9.47. The molecule has 0 aromatic heterocycles. The Morgan fingerprint density at radius 3 is 3.08 bits per heavy atom. The Bertz CT molecular complexity index is 312. The van der Waals surface area contributed by atoms with Crippen LogP contribution in [0.3, 0.4) is 0 Å². The summed E-state index contributed by atoms with van der Waals surface area (Å²) in [5, 5.41) is 7.27. The van der Waals surface area contributed by atoms with Crippen molar-refractivity contribution in [3.8, 4) is 0 Å². The van der Waals surface area contributed by atoms with E-state index in [4.69, 9.17) is 11.1 Å². The Kier molecular flexibility index (Phi) is 1.79. The lowest BCUT2D eigenvalue weighted by molar-refractivity contribution is 0.405. The number of allylic oxidation sites excluding steroid dienone is 3. The number of rotatable bonds is 1. The molecule has 1 fully saturated rings. The predicted molar refractivity (Wildman–Crippen MR) is 54.7 cm³/mol. The van der Waals surface area contributed by atoms with Crippen molar-refractivity contribution < 1.29 is 0 Å². The Labute approximate surface area is 79.0 Å². The van der Waals surface area contributed by atoms with Gasteiger partial charge in [0.15, 0.2) is 0 Å². The van der Waals surface area contributed by atoms with Crippen LogP contribution < -0.4 is 5.73 Å². The molecule has 0 aromatic carbocycles. The largest absolute Gasteiger partial charge is 0.398 e. The van der Waals surface area contributed by atoms with E-state index in [-0.39, 0.29) is 0 Å². The lowest BCUT2D eigenvalue weighted by Crippen LogP contribution is -2.21. The SMILES string of the molecule is C[C@@]12CCCC1=CC(N)=C(C=N)C2. The molecule has 2 rings (SSSR count). The summed E-state index contributed by atoms with van der Waals surface area (Å²) < 4.78 is 0. The van der Waals surface area contributed by atoms with E-state index in [1.165, 1.54) is 31.1 Å². The van der Waals surface area contributed by atoms with Gasteiger partial charge in [-0.05, 0) is 42.7 Å². The highest BCUT2D eigenvalue weighted by Gasteiger charge is 2.36. The first-order valence-electron chi connectivity index (χ1n) is 4.86. The summed E-state index contributed by atoms with van der Waals surface area (Å²) in [7, 11) is 0. The van der Waals surface area contributed by atoms with Gasteiger partial charge in [0.1, 0.15) is 0 Å². The summed E-state index contributed by atoms with van der Waals surface area (Å²) in [5.74, 6) is 0. The average molecular weight is 176 g/mol. The van der Waals surface area contributed by atoms with Gasteiger partial charge in [-0.1, -0.05) is 12.5 Å². The van der Waals surface area contributed by atoms with E-state index in [0.717, 1.165) is 17.7 Å². The second kappa shape index (κ2) is 2.72. The molecule has 2 aliphatic rings. The third kappa shape index (κ3) is 1.21. The van der Waals surface area contributed by atoms with Gasteiger partial charge in [0.05, 0.1) is 0 Å². The van der Waals surface area contributed by atoms with Crippen molar-refractivity contribution in [2.45, 2.75) is 32.6 Å².